The summed E-state index contributed by atoms with van der Waals surface area (Å²) in [7, 11) is 0. The van der Waals surface area contributed by atoms with Gasteiger partial charge in [0.1, 0.15) is 0 Å². The molecule has 2 aliphatic rings. The van der Waals surface area contributed by atoms with Gasteiger partial charge in [-0.1, -0.05) is 6.92 Å². The molecule has 0 atom stereocenters. The van der Waals surface area contributed by atoms with Gasteiger partial charge in [-0.05, 0) is 64.2 Å². The normalized spacial score (nSPS) is 34.6. The van der Waals surface area contributed by atoms with Gasteiger partial charge >= 0.3 is 0 Å². The average molecular weight is 238 g/mol. The van der Waals surface area contributed by atoms with E-state index in [-0.39, 0.29) is 0 Å². The number of rotatable bonds is 5. The molecular formula is C15H30N2. The van der Waals surface area contributed by atoms with Crippen LogP contribution in [0.1, 0.15) is 59.3 Å². The topological polar surface area (TPSA) is 29.3 Å². The first-order chi connectivity index (χ1) is 8.07. The van der Waals surface area contributed by atoms with Crippen LogP contribution >= 0.6 is 0 Å². The van der Waals surface area contributed by atoms with E-state index in [4.69, 9.17) is 5.73 Å². The van der Waals surface area contributed by atoms with Crippen molar-refractivity contribution in [1.29, 1.82) is 0 Å². The van der Waals surface area contributed by atoms with Crippen molar-refractivity contribution in [3.05, 3.63) is 0 Å². The Morgan fingerprint density at radius 3 is 2.18 bits per heavy atom. The third-order valence-electron chi connectivity index (χ3n) is 4.97. The molecule has 2 fully saturated rings. The van der Waals surface area contributed by atoms with Crippen molar-refractivity contribution in [2.75, 3.05) is 13.1 Å². The van der Waals surface area contributed by atoms with Crippen LogP contribution in [-0.4, -0.2) is 29.6 Å². The van der Waals surface area contributed by atoms with Crippen LogP contribution in [0.3, 0.4) is 0 Å². The quantitative estimate of drug-likeness (QED) is 0.798. The van der Waals surface area contributed by atoms with Gasteiger partial charge in [0.25, 0.3) is 0 Å². The largest absolute Gasteiger partial charge is 0.329 e. The number of hydrogen-bond acceptors (Lipinski definition) is 2. The smallest absolute Gasteiger partial charge is 0.0334 e. The SMILES string of the molecule is CC1CCC(CN)(N(CC2CC2)C(C)C)CC1. The minimum Gasteiger partial charge on any atom is -0.329 e. The standard InChI is InChI=1S/C15H30N2/c1-12(2)17(10-14-4-5-14)15(11-16)8-6-13(3)7-9-15/h12-14H,4-11,16H2,1-3H3. The van der Waals surface area contributed by atoms with Gasteiger partial charge in [-0.3, -0.25) is 4.90 Å². The maximum Gasteiger partial charge on any atom is 0.0334 e. The summed E-state index contributed by atoms with van der Waals surface area (Å²) in [6, 6.07) is 0.646. The molecule has 0 saturated heterocycles. The van der Waals surface area contributed by atoms with Crippen LogP contribution in [0.2, 0.25) is 0 Å². The Hall–Kier alpha value is -0.0800. The molecule has 0 bridgehead atoms. The summed E-state index contributed by atoms with van der Waals surface area (Å²) < 4.78 is 0. The van der Waals surface area contributed by atoms with Gasteiger partial charge in [-0.2, -0.15) is 0 Å². The third-order valence-corrected chi connectivity index (χ3v) is 4.97. The molecule has 0 amide bonds. The van der Waals surface area contributed by atoms with E-state index in [1.807, 2.05) is 0 Å². The Bertz CT molecular complexity index is 237. The summed E-state index contributed by atoms with van der Waals surface area (Å²) in [5, 5.41) is 0. The molecule has 0 aromatic rings. The molecule has 0 heterocycles. The molecule has 2 aliphatic carbocycles. The van der Waals surface area contributed by atoms with Crippen LogP contribution in [-0.2, 0) is 0 Å². The molecule has 0 radical (unpaired) electrons. The van der Waals surface area contributed by atoms with E-state index in [0.717, 1.165) is 18.4 Å². The lowest BCUT2D eigenvalue weighted by Gasteiger charge is -2.49. The fourth-order valence-corrected chi connectivity index (χ4v) is 3.44. The Kier molecular flexibility index (Phi) is 4.14. The van der Waals surface area contributed by atoms with Crippen LogP contribution < -0.4 is 5.73 Å². The molecule has 0 aliphatic heterocycles. The zero-order valence-corrected chi connectivity index (χ0v) is 11.9. The molecule has 100 valence electrons. The van der Waals surface area contributed by atoms with Gasteiger partial charge in [0.2, 0.25) is 0 Å². The monoisotopic (exact) mass is 238 g/mol. The molecule has 0 spiro atoms. The molecule has 2 nitrogen and oxygen atoms in total. The number of hydrogen-bond donors (Lipinski definition) is 1. The summed E-state index contributed by atoms with van der Waals surface area (Å²) in [5.74, 6) is 1.88. The highest BCUT2D eigenvalue weighted by atomic mass is 15.2. The van der Waals surface area contributed by atoms with Gasteiger partial charge in [-0.25, -0.2) is 0 Å². The van der Waals surface area contributed by atoms with Crippen LogP contribution in [0, 0.1) is 11.8 Å². The Morgan fingerprint density at radius 1 is 1.18 bits per heavy atom. The molecule has 2 saturated carbocycles. The van der Waals surface area contributed by atoms with Crippen molar-refractivity contribution in [2.45, 2.75) is 70.9 Å². The van der Waals surface area contributed by atoms with Gasteiger partial charge in [0.15, 0.2) is 0 Å². The zero-order valence-electron chi connectivity index (χ0n) is 11.9. The van der Waals surface area contributed by atoms with E-state index in [1.165, 1.54) is 45.1 Å². The van der Waals surface area contributed by atoms with E-state index in [2.05, 4.69) is 25.7 Å². The second kappa shape index (κ2) is 5.27. The molecule has 2 N–H and O–H groups in total. The van der Waals surface area contributed by atoms with Gasteiger partial charge in [0.05, 0.1) is 0 Å². The summed E-state index contributed by atoms with van der Waals surface area (Å²) in [6.07, 6.45) is 8.25. The summed E-state index contributed by atoms with van der Waals surface area (Å²) in [4.78, 5) is 2.75. The first kappa shape index (κ1) is 13.4. The van der Waals surface area contributed by atoms with Crippen molar-refractivity contribution < 1.29 is 0 Å². The predicted molar refractivity (Wildman–Crippen MR) is 74.0 cm³/mol. The third kappa shape index (κ3) is 3.03. The van der Waals surface area contributed by atoms with Crippen molar-refractivity contribution >= 4 is 0 Å². The summed E-state index contributed by atoms with van der Waals surface area (Å²) in [5.41, 5.74) is 6.50. The first-order valence-corrected chi connectivity index (χ1v) is 7.54. The molecule has 0 aromatic heterocycles. The first-order valence-electron chi connectivity index (χ1n) is 7.54. The van der Waals surface area contributed by atoms with E-state index >= 15 is 0 Å². The number of nitrogens with two attached hydrogens (primary N) is 1. The minimum absolute atomic E-state index is 0.323. The highest BCUT2D eigenvalue weighted by Crippen LogP contribution is 2.40. The number of nitrogens with zero attached hydrogens (tertiary/aromatic N) is 1. The van der Waals surface area contributed by atoms with Crippen molar-refractivity contribution in [3.63, 3.8) is 0 Å². The lowest BCUT2D eigenvalue weighted by Crippen LogP contribution is -2.58. The average Bonchev–Trinajstić information content (AvgIpc) is 3.11. The maximum absolute atomic E-state index is 6.18. The van der Waals surface area contributed by atoms with Crippen LogP contribution in [0.4, 0.5) is 0 Å². The Balaban J connectivity index is 2.06. The molecule has 0 unspecified atom stereocenters. The Labute approximate surface area is 107 Å². The lowest BCUT2D eigenvalue weighted by molar-refractivity contribution is 0.0160. The van der Waals surface area contributed by atoms with Gasteiger partial charge in [-0.15, -0.1) is 0 Å². The van der Waals surface area contributed by atoms with Crippen molar-refractivity contribution in [3.8, 4) is 0 Å². The molecule has 2 rings (SSSR count). The summed E-state index contributed by atoms with van der Waals surface area (Å²) >= 11 is 0. The molecule has 17 heavy (non-hydrogen) atoms. The van der Waals surface area contributed by atoms with Gasteiger partial charge in [0, 0.05) is 24.7 Å². The van der Waals surface area contributed by atoms with Crippen LogP contribution in [0.25, 0.3) is 0 Å². The predicted octanol–water partition coefficient (Wildman–Crippen LogP) is 3.01. The maximum atomic E-state index is 6.18. The van der Waals surface area contributed by atoms with Crippen LogP contribution in [0.15, 0.2) is 0 Å². The fourth-order valence-electron chi connectivity index (χ4n) is 3.44. The molecule has 2 heteroatoms. The van der Waals surface area contributed by atoms with E-state index in [0.29, 0.717) is 11.6 Å². The highest BCUT2D eigenvalue weighted by molar-refractivity contribution is 4.98. The van der Waals surface area contributed by atoms with E-state index in [1.54, 1.807) is 0 Å². The second-order valence-corrected chi connectivity index (χ2v) is 6.80. The van der Waals surface area contributed by atoms with Gasteiger partial charge < -0.3 is 5.73 Å². The fraction of sp³-hybridized carbons (Fsp3) is 1.00. The van der Waals surface area contributed by atoms with Crippen molar-refractivity contribution in [2.24, 2.45) is 17.6 Å². The lowest BCUT2D eigenvalue weighted by atomic mass is 9.75. The highest BCUT2D eigenvalue weighted by Gasteiger charge is 2.41. The second-order valence-electron chi connectivity index (χ2n) is 6.80. The zero-order chi connectivity index (χ0) is 12.5. The van der Waals surface area contributed by atoms with E-state index in [9.17, 15) is 0 Å². The van der Waals surface area contributed by atoms with E-state index < -0.39 is 0 Å². The Morgan fingerprint density at radius 2 is 1.76 bits per heavy atom. The molecule has 0 aromatic carbocycles. The van der Waals surface area contributed by atoms with Crippen molar-refractivity contribution in [1.82, 2.24) is 4.90 Å². The summed E-state index contributed by atoms with van der Waals surface area (Å²) in [6.45, 7) is 9.23. The minimum atomic E-state index is 0.323. The molecular weight excluding hydrogens is 208 g/mol. The van der Waals surface area contributed by atoms with Crippen LogP contribution in [0.5, 0.6) is 0 Å².